The molecule has 0 N–H and O–H groups in total. The summed E-state index contributed by atoms with van der Waals surface area (Å²) in [6.07, 6.45) is 0. The van der Waals surface area contributed by atoms with E-state index in [4.69, 9.17) is 0 Å². The average Bonchev–Trinajstić information content (AvgIpc) is 2.48. The van der Waals surface area contributed by atoms with Gasteiger partial charge in [-0.15, -0.1) is 5.10 Å². The molecule has 0 bridgehead atoms. The molecule has 2 aromatic rings. The zero-order valence-electron chi connectivity index (χ0n) is 5.51. The quantitative estimate of drug-likeness (QED) is 0.697. The van der Waals surface area contributed by atoms with Crippen molar-refractivity contribution >= 4 is 53.6 Å². The molecule has 0 aliphatic carbocycles. The summed E-state index contributed by atoms with van der Waals surface area (Å²) >= 11 is 7.50. The zero-order chi connectivity index (χ0) is 8.72. The predicted molar refractivity (Wildman–Crippen MR) is 52.8 cm³/mol. The summed E-state index contributed by atoms with van der Waals surface area (Å²) in [5, 5.41) is 3.85. The normalized spacial score (nSPS) is 10.9. The second-order valence-corrected chi connectivity index (χ2v) is 4.51. The molecule has 1 heterocycles. The van der Waals surface area contributed by atoms with Gasteiger partial charge in [0, 0.05) is 4.47 Å². The highest BCUT2D eigenvalue weighted by Gasteiger charge is 2.11. The van der Waals surface area contributed by atoms with Gasteiger partial charge in [0.2, 0.25) is 0 Å². The van der Waals surface area contributed by atoms with Crippen molar-refractivity contribution in [2.45, 2.75) is 0 Å². The van der Waals surface area contributed by atoms with E-state index in [2.05, 4.69) is 41.4 Å². The molecule has 2 nitrogen and oxygen atoms in total. The second-order valence-electron chi connectivity index (χ2n) is 2.10. The summed E-state index contributed by atoms with van der Waals surface area (Å²) in [5.41, 5.74) is 0.688. The Morgan fingerprint density at radius 3 is 2.92 bits per heavy atom. The van der Waals surface area contributed by atoms with Crippen molar-refractivity contribution in [2.24, 2.45) is 0 Å². The fourth-order valence-electron chi connectivity index (χ4n) is 0.842. The van der Waals surface area contributed by atoms with Crippen LogP contribution < -0.4 is 0 Å². The maximum atomic E-state index is 13.1. The maximum absolute atomic E-state index is 13.1. The van der Waals surface area contributed by atoms with Gasteiger partial charge in [0.05, 0.1) is 9.17 Å². The smallest absolute Gasteiger partial charge is 0.140 e. The Hall–Kier alpha value is -0.0700. The van der Waals surface area contributed by atoms with E-state index in [1.165, 1.54) is 6.07 Å². The molecule has 0 atom stereocenters. The molecule has 0 saturated carbocycles. The number of hydrogen-bond acceptors (Lipinski definition) is 3. The second kappa shape index (κ2) is 3.01. The molecule has 0 radical (unpaired) electrons. The van der Waals surface area contributed by atoms with Crippen molar-refractivity contribution < 1.29 is 4.39 Å². The number of aromatic nitrogens is 2. The van der Waals surface area contributed by atoms with Crippen molar-refractivity contribution in [1.29, 1.82) is 0 Å². The van der Waals surface area contributed by atoms with Gasteiger partial charge in [-0.3, -0.25) is 0 Å². The summed E-state index contributed by atoms with van der Waals surface area (Å²) in [6, 6.07) is 1.37. The number of halogens is 3. The van der Waals surface area contributed by atoms with E-state index < -0.39 is 0 Å². The molecule has 6 heteroatoms. The first-order chi connectivity index (χ1) is 5.70. The first-order valence-electron chi connectivity index (χ1n) is 2.95. The monoisotopic (exact) mass is 310 g/mol. The molecule has 0 unspecified atom stereocenters. The Labute approximate surface area is 88.2 Å². The van der Waals surface area contributed by atoms with E-state index in [-0.39, 0.29) is 5.82 Å². The Kier molecular flexibility index (Phi) is 2.14. The molecular formula is C6HBr2FN2S. The summed E-state index contributed by atoms with van der Waals surface area (Å²) in [6.45, 7) is 0. The van der Waals surface area contributed by atoms with E-state index in [1.807, 2.05) is 0 Å². The van der Waals surface area contributed by atoms with Crippen LogP contribution in [-0.4, -0.2) is 9.59 Å². The average molecular weight is 312 g/mol. The van der Waals surface area contributed by atoms with Crippen LogP contribution in [0.2, 0.25) is 0 Å². The molecule has 0 amide bonds. The zero-order valence-corrected chi connectivity index (χ0v) is 9.50. The molecule has 0 aliphatic heterocycles. The third-order valence-electron chi connectivity index (χ3n) is 1.38. The van der Waals surface area contributed by atoms with Gasteiger partial charge in [-0.2, -0.15) is 0 Å². The molecule has 12 heavy (non-hydrogen) atoms. The van der Waals surface area contributed by atoms with Gasteiger partial charge in [-0.05, 0) is 49.5 Å². The van der Waals surface area contributed by atoms with Crippen LogP contribution in [0.3, 0.4) is 0 Å². The first-order valence-corrected chi connectivity index (χ1v) is 5.31. The Morgan fingerprint density at radius 2 is 2.17 bits per heavy atom. The maximum Gasteiger partial charge on any atom is 0.140 e. The van der Waals surface area contributed by atoms with Crippen LogP contribution in [-0.2, 0) is 0 Å². The summed E-state index contributed by atoms with van der Waals surface area (Å²) in [7, 11) is 0. The highest BCUT2D eigenvalue weighted by atomic mass is 79.9. The summed E-state index contributed by atoms with van der Waals surface area (Å²) in [5.74, 6) is -0.305. The Morgan fingerprint density at radius 1 is 1.42 bits per heavy atom. The lowest BCUT2D eigenvalue weighted by atomic mass is 10.3. The molecule has 1 aromatic heterocycles. The number of benzene rings is 1. The van der Waals surface area contributed by atoms with Gasteiger partial charge < -0.3 is 0 Å². The van der Waals surface area contributed by atoms with Gasteiger partial charge in [0.1, 0.15) is 11.3 Å². The minimum absolute atomic E-state index is 0.305. The van der Waals surface area contributed by atoms with Crippen molar-refractivity contribution in [3.8, 4) is 0 Å². The lowest BCUT2D eigenvalue weighted by Crippen LogP contribution is -1.79. The van der Waals surface area contributed by atoms with Crippen molar-refractivity contribution in [3.63, 3.8) is 0 Å². The van der Waals surface area contributed by atoms with E-state index in [0.29, 0.717) is 14.5 Å². The third-order valence-corrected chi connectivity index (χ3v) is 3.76. The van der Waals surface area contributed by atoms with E-state index in [1.54, 1.807) is 0 Å². The number of rotatable bonds is 0. The Balaban J connectivity index is 2.97. The minimum atomic E-state index is -0.305. The molecule has 1 aromatic carbocycles. The van der Waals surface area contributed by atoms with Gasteiger partial charge in [0.25, 0.3) is 0 Å². The van der Waals surface area contributed by atoms with E-state index in [0.717, 1.165) is 16.2 Å². The fourth-order valence-corrected chi connectivity index (χ4v) is 2.59. The number of fused-ring (bicyclic) bond motifs is 1. The third kappa shape index (κ3) is 1.18. The number of nitrogens with zero attached hydrogens (tertiary/aromatic N) is 2. The molecule has 2 rings (SSSR count). The summed E-state index contributed by atoms with van der Waals surface area (Å²) in [4.78, 5) is 0. The van der Waals surface area contributed by atoms with Crippen LogP contribution >= 0.6 is 43.4 Å². The van der Waals surface area contributed by atoms with Gasteiger partial charge >= 0.3 is 0 Å². The highest BCUT2D eigenvalue weighted by molar-refractivity contribution is 9.11. The SMILES string of the molecule is Fc1cc(Br)c2nnsc2c1Br. The molecule has 0 fully saturated rings. The highest BCUT2D eigenvalue weighted by Crippen LogP contribution is 2.33. The van der Waals surface area contributed by atoms with Gasteiger partial charge in [0.15, 0.2) is 0 Å². The molecule has 62 valence electrons. The van der Waals surface area contributed by atoms with Crippen LogP contribution in [0.15, 0.2) is 15.0 Å². The minimum Gasteiger partial charge on any atom is -0.206 e. The van der Waals surface area contributed by atoms with Crippen LogP contribution in [0, 0.1) is 5.82 Å². The predicted octanol–water partition coefficient (Wildman–Crippen LogP) is 3.36. The summed E-state index contributed by atoms with van der Waals surface area (Å²) < 4.78 is 18.6. The molecular weight excluding hydrogens is 311 g/mol. The molecule has 0 aliphatic rings. The fraction of sp³-hybridized carbons (Fsp3) is 0. The van der Waals surface area contributed by atoms with Crippen LogP contribution in [0.1, 0.15) is 0 Å². The van der Waals surface area contributed by atoms with E-state index in [9.17, 15) is 4.39 Å². The molecule has 0 saturated heterocycles. The van der Waals surface area contributed by atoms with Gasteiger partial charge in [-0.1, -0.05) is 4.49 Å². The topological polar surface area (TPSA) is 25.8 Å². The van der Waals surface area contributed by atoms with Crippen LogP contribution in [0.4, 0.5) is 4.39 Å². The number of hydrogen-bond donors (Lipinski definition) is 0. The molecule has 0 spiro atoms. The van der Waals surface area contributed by atoms with Crippen LogP contribution in [0.25, 0.3) is 10.2 Å². The van der Waals surface area contributed by atoms with Gasteiger partial charge in [-0.25, -0.2) is 4.39 Å². The standard InChI is InChI=1S/C6HBr2FN2S/c7-2-1-3(9)4(8)6-5(2)10-11-12-6/h1H. The van der Waals surface area contributed by atoms with Crippen molar-refractivity contribution in [3.05, 3.63) is 20.8 Å². The van der Waals surface area contributed by atoms with Crippen LogP contribution in [0.5, 0.6) is 0 Å². The van der Waals surface area contributed by atoms with Crippen molar-refractivity contribution in [2.75, 3.05) is 0 Å². The largest absolute Gasteiger partial charge is 0.206 e. The lowest BCUT2D eigenvalue weighted by Gasteiger charge is -1.95. The van der Waals surface area contributed by atoms with E-state index >= 15 is 0 Å². The first kappa shape index (κ1) is 8.52. The lowest BCUT2D eigenvalue weighted by molar-refractivity contribution is 0.623. The Bertz CT molecular complexity index is 442. The van der Waals surface area contributed by atoms with Crippen molar-refractivity contribution in [1.82, 2.24) is 9.59 Å².